The molecule has 24 heavy (non-hydrogen) atoms. The van der Waals surface area contributed by atoms with Gasteiger partial charge in [0.2, 0.25) is 5.88 Å². The lowest BCUT2D eigenvalue weighted by Crippen LogP contribution is -2.43. The van der Waals surface area contributed by atoms with Crippen LogP contribution >= 0.6 is 11.6 Å². The Labute approximate surface area is 145 Å². The van der Waals surface area contributed by atoms with E-state index < -0.39 is 0 Å². The molecule has 1 N–H and O–H groups in total. The summed E-state index contributed by atoms with van der Waals surface area (Å²) in [6, 6.07) is 8.17. The average Bonchev–Trinajstić information content (AvgIpc) is 2.89. The second-order valence-electron chi connectivity index (χ2n) is 6.59. The third-order valence-electron chi connectivity index (χ3n) is 4.91. The molecule has 0 spiro atoms. The summed E-state index contributed by atoms with van der Waals surface area (Å²) in [6.45, 7) is 3.40. The predicted molar refractivity (Wildman–Crippen MR) is 91.8 cm³/mol. The first kappa shape index (κ1) is 15.5. The van der Waals surface area contributed by atoms with Gasteiger partial charge in [0.25, 0.3) is 5.91 Å². The summed E-state index contributed by atoms with van der Waals surface area (Å²) in [5, 5.41) is 8.26. The van der Waals surface area contributed by atoms with Crippen LogP contribution in [0.25, 0.3) is 0 Å². The highest BCUT2D eigenvalue weighted by Gasteiger charge is 2.33. The normalized spacial score (nSPS) is 22.2. The van der Waals surface area contributed by atoms with E-state index in [4.69, 9.17) is 16.3 Å². The van der Waals surface area contributed by atoms with Gasteiger partial charge in [-0.05, 0) is 43.4 Å². The third kappa shape index (κ3) is 2.77. The molecule has 0 atom stereocenters. The zero-order valence-electron chi connectivity index (χ0n) is 13.6. The van der Waals surface area contributed by atoms with Crippen LogP contribution in [0.5, 0.6) is 5.88 Å². The molecule has 1 aliphatic carbocycles. The maximum absolute atomic E-state index is 12.5. The van der Waals surface area contributed by atoms with Gasteiger partial charge in [0, 0.05) is 29.6 Å². The van der Waals surface area contributed by atoms with Gasteiger partial charge in [0.05, 0.1) is 6.61 Å². The lowest BCUT2D eigenvalue weighted by Gasteiger charge is -2.36. The van der Waals surface area contributed by atoms with Crippen molar-refractivity contribution in [3.05, 3.63) is 46.1 Å². The number of fused-ring (bicyclic) bond motifs is 1. The summed E-state index contributed by atoms with van der Waals surface area (Å²) in [4.78, 5) is 12.5. The lowest BCUT2D eigenvalue weighted by molar-refractivity contribution is 0.0902. The molecule has 5 nitrogen and oxygen atoms in total. The van der Waals surface area contributed by atoms with Crippen molar-refractivity contribution < 1.29 is 9.53 Å². The number of amides is 1. The Kier molecular flexibility index (Phi) is 3.96. The minimum Gasteiger partial charge on any atom is -0.478 e. The molecule has 1 aromatic carbocycles. The zero-order chi connectivity index (χ0) is 16.7. The molecule has 2 aliphatic rings. The molecule has 0 unspecified atom stereocenters. The number of aryl methyl sites for hydroxylation is 1. The van der Waals surface area contributed by atoms with Gasteiger partial charge >= 0.3 is 0 Å². The van der Waals surface area contributed by atoms with E-state index in [1.54, 1.807) is 4.68 Å². The van der Waals surface area contributed by atoms with Crippen LogP contribution < -0.4 is 10.1 Å². The van der Waals surface area contributed by atoms with Crippen LogP contribution in [0.2, 0.25) is 5.02 Å². The highest BCUT2D eigenvalue weighted by Crippen LogP contribution is 2.37. The molecule has 4 rings (SSSR count). The lowest BCUT2D eigenvalue weighted by atomic mass is 9.76. The van der Waals surface area contributed by atoms with Gasteiger partial charge in [-0.3, -0.25) is 4.79 Å². The number of nitrogens with one attached hydrogen (secondary N) is 1. The van der Waals surface area contributed by atoms with Crippen molar-refractivity contribution in [1.82, 2.24) is 15.1 Å². The first-order chi connectivity index (χ1) is 11.6. The number of hydrogen-bond acceptors (Lipinski definition) is 3. The van der Waals surface area contributed by atoms with E-state index >= 15 is 0 Å². The Hall–Kier alpha value is -2.01. The van der Waals surface area contributed by atoms with Crippen LogP contribution in [0.1, 0.15) is 46.8 Å². The number of hydrogen-bond donors (Lipinski definition) is 1. The number of nitrogens with zero attached hydrogens (tertiary/aromatic N) is 2. The number of ether oxygens (including phenoxy) is 1. The Bertz CT molecular complexity index is 763. The summed E-state index contributed by atoms with van der Waals surface area (Å²) < 4.78 is 7.42. The second-order valence-corrected chi connectivity index (χ2v) is 7.03. The quantitative estimate of drug-likeness (QED) is 0.928. The van der Waals surface area contributed by atoms with Gasteiger partial charge in [-0.15, -0.1) is 0 Å². The number of carbonyl (C=O) groups is 1. The van der Waals surface area contributed by atoms with Crippen molar-refractivity contribution in [2.24, 2.45) is 0 Å². The van der Waals surface area contributed by atoms with Gasteiger partial charge < -0.3 is 10.1 Å². The van der Waals surface area contributed by atoms with Crippen molar-refractivity contribution in [3.8, 4) is 5.88 Å². The molecule has 2 aromatic rings. The molecule has 1 aliphatic heterocycles. The molecule has 0 saturated heterocycles. The van der Waals surface area contributed by atoms with E-state index in [1.165, 1.54) is 5.56 Å². The van der Waals surface area contributed by atoms with Crippen molar-refractivity contribution in [3.63, 3.8) is 0 Å². The standard InChI is InChI=1S/C18H20ClN3O2/c1-11-16(21-22-7-2-8-24-18(11)22)17(23)20-15-9-13(10-15)12-3-5-14(19)6-4-12/h3-6,13,15H,2,7-10H2,1H3,(H,20,23). The van der Waals surface area contributed by atoms with Crippen molar-refractivity contribution in [2.45, 2.75) is 44.7 Å². The van der Waals surface area contributed by atoms with Crippen molar-refractivity contribution in [1.29, 1.82) is 0 Å². The van der Waals surface area contributed by atoms with Crippen LogP contribution in [0, 0.1) is 6.92 Å². The van der Waals surface area contributed by atoms with Gasteiger partial charge in [0.15, 0.2) is 5.69 Å². The zero-order valence-corrected chi connectivity index (χ0v) is 14.3. The first-order valence-corrected chi connectivity index (χ1v) is 8.76. The van der Waals surface area contributed by atoms with Crippen LogP contribution in [0.4, 0.5) is 0 Å². The first-order valence-electron chi connectivity index (χ1n) is 8.38. The highest BCUT2D eigenvalue weighted by molar-refractivity contribution is 6.30. The molecule has 1 fully saturated rings. The van der Waals surface area contributed by atoms with Crippen molar-refractivity contribution >= 4 is 17.5 Å². The van der Waals surface area contributed by atoms with Gasteiger partial charge in [-0.25, -0.2) is 4.68 Å². The summed E-state index contributed by atoms with van der Waals surface area (Å²) in [5.74, 6) is 1.13. The molecule has 1 aromatic heterocycles. The summed E-state index contributed by atoms with van der Waals surface area (Å²) >= 11 is 5.92. The number of rotatable bonds is 3. The van der Waals surface area contributed by atoms with Gasteiger partial charge in [-0.1, -0.05) is 23.7 Å². The second kappa shape index (κ2) is 6.13. The van der Waals surface area contributed by atoms with E-state index in [2.05, 4.69) is 22.5 Å². The molecule has 0 radical (unpaired) electrons. The smallest absolute Gasteiger partial charge is 0.272 e. The van der Waals surface area contributed by atoms with E-state index in [0.717, 1.165) is 42.3 Å². The minimum absolute atomic E-state index is 0.0995. The molecule has 126 valence electrons. The predicted octanol–water partition coefficient (Wildman–Crippen LogP) is 3.30. The Morgan fingerprint density at radius 3 is 2.79 bits per heavy atom. The summed E-state index contributed by atoms with van der Waals surface area (Å²) in [5.41, 5.74) is 2.61. The number of aromatic nitrogens is 2. The maximum atomic E-state index is 12.5. The topological polar surface area (TPSA) is 56.2 Å². The summed E-state index contributed by atoms with van der Waals surface area (Å²) in [7, 11) is 0. The fraction of sp³-hybridized carbons (Fsp3) is 0.444. The van der Waals surface area contributed by atoms with E-state index in [9.17, 15) is 4.79 Å². The maximum Gasteiger partial charge on any atom is 0.272 e. The molecule has 1 saturated carbocycles. The molecular weight excluding hydrogens is 326 g/mol. The van der Waals surface area contributed by atoms with Gasteiger partial charge in [-0.2, -0.15) is 5.10 Å². The van der Waals surface area contributed by atoms with Crippen LogP contribution in [-0.2, 0) is 6.54 Å². The molecular formula is C18H20ClN3O2. The van der Waals surface area contributed by atoms with Crippen LogP contribution in [0.15, 0.2) is 24.3 Å². The number of benzene rings is 1. The Balaban J connectivity index is 1.38. The largest absolute Gasteiger partial charge is 0.478 e. The van der Waals surface area contributed by atoms with E-state index in [1.807, 2.05) is 19.1 Å². The monoisotopic (exact) mass is 345 g/mol. The van der Waals surface area contributed by atoms with Crippen LogP contribution in [-0.4, -0.2) is 28.3 Å². The van der Waals surface area contributed by atoms with Crippen molar-refractivity contribution in [2.75, 3.05) is 6.61 Å². The summed E-state index contributed by atoms with van der Waals surface area (Å²) in [6.07, 6.45) is 2.84. The van der Waals surface area contributed by atoms with E-state index in [0.29, 0.717) is 18.2 Å². The third-order valence-corrected chi connectivity index (χ3v) is 5.17. The van der Waals surface area contributed by atoms with Gasteiger partial charge in [0.1, 0.15) is 0 Å². The fourth-order valence-corrected chi connectivity index (χ4v) is 3.59. The minimum atomic E-state index is -0.0995. The number of halogens is 1. The highest BCUT2D eigenvalue weighted by atomic mass is 35.5. The molecule has 0 bridgehead atoms. The molecule has 1 amide bonds. The SMILES string of the molecule is Cc1c(C(=O)NC2CC(c3ccc(Cl)cc3)C2)nn2c1OCCC2. The van der Waals surface area contributed by atoms with Crippen LogP contribution in [0.3, 0.4) is 0 Å². The molecule has 2 heterocycles. The Morgan fingerprint density at radius 2 is 2.08 bits per heavy atom. The Morgan fingerprint density at radius 1 is 1.33 bits per heavy atom. The van der Waals surface area contributed by atoms with E-state index in [-0.39, 0.29) is 11.9 Å². The molecule has 6 heteroatoms. The fourth-order valence-electron chi connectivity index (χ4n) is 3.47. The number of carbonyl (C=O) groups excluding carboxylic acids is 1. The average molecular weight is 346 g/mol.